The SMILES string of the molecule is CCCNCC(C)COc1cccc(Br)c1. The van der Waals surface area contributed by atoms with E-state index in [4.69, 9.17) is 4.74 Å². The van der Waals surface area contributed by atoms with Crippen LogP contribution in [0.4, 0.5) is 0 Å². The molecule has 0 fully saturated rings. The Bertz CT molecular complexity index is 304. The lowest BCUT2D eigenvalue weighted by molar-refractivity contribution is 0.256. The highest BCUT2D eigenvalue weighted by Crippen LogP contribution is 2.18. The minimum atomic E-state index is 0.533. The van der Waals surface area contributed by atoms with Crippen LogP contribution in [0.2, 0.25) is 0 Å². The van der Waals surface area contributed by atoms with Gasteiger partial charge >= 0.3 is 0 Å². The maximum atomic E-state index is 5.71. The molecule has 0 saturated heterocycles. The van der Waals surface area contributed by atoms with Crippen LogP contribution in [0.1, 0.15) is 20.3 Å². The van der Waals surface area contributed by atoms with Gasteiger partial charge in [-0.3, -0.25) is 0 Å². The minimum absolute atomic E-state index is 0.533. The van der Waals surface area contributed by atoms with Gasteiger partial charge in [-0.1, -0.05) is 35.8 Å². The van der Waals surface area contributed by atoms with E-state index in [-0.39, 0.29) is 0 Å². The van der Waals surface area contributed by atoms with Crippen molar-refractivity contribution in [2.45, 2.75) is 20.3 Å². The molecule has 1 rings (SSSR count). The predicted octanol–water partition coefficient (Wildman–Crippen LogP) is 3.46. The van der Waals surface area contributed by atoms with Crippen LogP contribution in [-0.2, 0) is 0 Å². The van der Waals surface area contributed by atoms with E-state index in [9.17, 15) is 0 Å². The molecule has 1 N–H and O–H groups in total. The topological polar surface area (TPSA) is 21.3 Å². The summed E-state index contributed by atoms with van der Waals surface area (Å²) in [5.74, 6) is 1.46. The third kappa shape index (κ3) is 5.52. The van der Waals surface area contributed by atoms with E-state index in [0.717, 1.165) is 29.9 Å². The molecule has 2 nitrogen and oxygen atoms in total. The van der Waals surface area contributed by atoms with Gasteiger partial charge in [0.2, 0.25) is 0 Å². The van der Waals surface area contributed by atoms with Crippen LogP contribution in [0.5, 0.6) is 5.75 Å². The quantitative estimate of drug-likeness (QED) is 0.775. The van der Waals surface area contributed by atoms with E-state index in [2.05, 4.69) is 35.1 Å². The number of nitrogens with one attached hydrogen (secondary N) is 1. The van der Waals surface area contributed by atoms with E-state index >= 15 is 0 Å². The first-order valence-electron chi connectivity index (χ1n) is 5.81. The predicted molar refractivity (Wildman–Crippen MR) is 72.0 cm³/mol. The van der Waals surface area contributed by atoms with Crippen LogP contribution in [0.25, 0.3) is 0 Å². The molecule has 0 radical (unpaired) electrons. The minimum Gasteiger partial charge on any atom is -0.493 e. The van der Waals surface area contributed by atoms with Crippen molar-refractivity contribution in [3.8, 4) is 5.75 Å². The van der Waals surface area contributed by atoms with Crippen LogP contribution < -0.4 is 10.1 Å². The van der Waals surface area contributed by atoms with Crippen LogP contribution in [0.15, 0.2) is 28.7 Å². The average molecular weight is 286 g/mol. The maximum Gasteiger partial charge on any atom is 0.120 e. The summed E-state index contributed by atoms with van der Waals surface area (Å²) in [6, 6.07) is 7.96. The molecule has 1 unspecified atom stereocenters. The molecule has 0 aliphatic carbocycles. The molecule has 0 amide bonds. The summed E-state index contributed by atoms with van der Waals surface area (Å²) in [7, 11) is 0. The highest BCUT2D eigenvalue weighted by molar-refractivity contribution is 9.10. The van der Waals surface area contributed by atoms with Crippen LogP contribution >= 0.6 is 15.9 Å². The summed E-state index contributed by atoms with van der Waals surface area (Å²) in [6.07, 6.45) is 1.18. The molecule has 3 heteroatoms. The van der Waals surface area contributed by atoms with Crippen molar-refractivity contribution in [1.29, 1.82) is 0 Å². The Kier molecular flexibility index (Phi) is 6.50. The van der Waals surface area contributed by atoms with Crippen molar-refractivity contribution < 1.29 is 4.74 Å². The van der Waals surface area contributed by atoms with Crippen LogP contribution in [0.3, 0.4) is 0 Å². The first kappa shape index (κ1) is 13.5. The van der Waals surface area contributed by atoms with Crippen molar-refractivity contribution in [2.75, 3.05) is 19.7 Å². The van der Waals surface area contributed by atoms with Gasteiger partial charge in [0.1, 0.15) is 5.75 Å². The van der Waals surface area contributed by atoms with Gasteiger partial charge in [-0.2, -0.15) is 0 Å². The first-order chi connectivity index (χ1) is 7.72. The molecule has 0 heterocycles. The Morgan fingerprint density at radius 2 is 2.25 bits per heavy atom. The summed E-state index contributed by atoms with van der Waals surface area (Å²) in [4.78, 5) is 0. The van der Waals surface area contributed by atoms with Gasteiger partial charge in [-0.15, -0.1) is 0 Å². The van der Waals surface area contributed by atoms with Gasteiger partial charge in [0.25, 0.3) is 0 Å². The van der Waals surface area contributed by atoms with Crippen molar-refractivity contribution in [3.05, 3.63) is 28.7 Å². The molecule has 1 aromatic carbocycles. The molecule has 90 valence electrons. The summed E-state index contributed by atoms with van der Waals surface area (Å²) in [6.45, 7) is 7.23. The van der Waals surface area contributed by atoms with E-state index in [1.807, 2.05) is 24.3 Å². The molecule has 0 aliphatic heterocycles. The van der Waals surface area contributed by atoms with Crippen molar-refractivity contribution >= 4 is 15.9 Å². The van der Waals surface area contributed by atoms with Gasteiger partial charge in [-0.25, -0.2) is 0 Å². The van der Waals surface area contributed by atoms with E-state index < -0.39 is 0 Å². The van der Waals surface area contributed by atoms with Crippen molar-refractivity contribution in [1.82, 2.24) is 5.32 Å². The van der Waals surface area contributed by atoms with E-state index in [0.29, 0.717) is 5.92 Å². The summed E-state index contributed by atoms with van der Waals surface area (Å²) < 4.78 is 6.77. The fraction of sp³-hybridized carbons (Fsp3) is 0.538. The average Bonchev–Trinajstić information content (AvgIpc) is 2.27. The Balaban J connectivity index is 2.23. The van der Waals surface area contributed by atoms with E-state index in [1.165, 1.54) is 6.42 Å². The molecule has 16 heavy (non-hydrogen) atoms. The van der Waals surface area contributed by atoms with Gasteiger partial charge in [-0.05, 0) is 31.2 Å². The van der Waals surface area contributed by atoms with Crippen molar-refractivity contribution in [2.24, 2.45) is 5.92 Å². The molecule has 0 bridgehead atoms. The zero-order valence-corrected chi connectivity index (χ0v) is 11.6. The largest absolute Gasteiger partial charge is 0.493 e. The zero-order chi connectivity index (χ0) is 11.8. The molecule has 0 saturated carbocycles. The number of rotatable bonds is 7. The Morgan fingerprint density at radius 1 is 1.44 bits per heavy atom. The lowest BCUT2D eigenvalue weighted by Crippen LogP contribution is -2.25. The molecular formula is C13H20BrNO. The molecule has 1 aromatic rings. The second-order valence-electron chi connectivity index (χ2n) is 4.08. The summed E-state index contributed by atoms with van der Waals surface area (Å²) in [5, 5.41) is 3.39. The molecule has 0 spiro atoms. The Labute approximate surface area is 107 Å². The number of hydrogen-bond donors (Lipinski definition) is 1. The maximum absolute atomic E-state index is 5.71. The van der Waals surface area contributed by atoms with Gasteiger partial charge in [0.05, 0.1) is 6.61 Å². The smallest absolute Gasteiger partial charge is 0.120 e. The fourth-order valence-corrected chi connectivity index (χ4v) is 1.76. The third-order valence-corrected chi connectivity index (χ3v) is 2.74. The second-order valence-corrected chi connectivity index (χ2v) is 4.99. The first-order valence-corrected chi connectivity index (χ1v) is 6.60. The zero-order valence-electron chi connectivity index (χ0n) is 10.0. The highest BCUT2D eigenvalue weighted by atomic mass is 79.9. The lowest BCUT2D eigenvalue weighted by Gasteiger charge is -2.13. The van der Waals surface area contributed by atoms with Crippen LogP contribution in [0, 0.1) is 5.92 Å². The highest BCUT2D eigenvalue weighted by Gasteiger charge is 2.02. The van der Waals surface area contributed by atoms with Crippen LogP contribution in [-0.4, -0.2) is 19.7 Å². The number of benzene rings is 1. The number of halogens is 1. The summed E-state index contributed by atoms with van der Waals surface area (Å²) >= 11 is 3.43. The fourth-order valence-electron chi connectivity index (χ4n) is 1.38. The Morgan fingerprint density at radius 3 is 2.94 bits per heavy atom. The molecule has 1 atom stereocenters. The Hall–Kier alpha value is -0.540. The standard InChI is InChI=1S/C13H20BrNO/c1-3-7-15-9-11(2)10-16-13-6-4-5-12(14)8-13/h4-6,8,11,15H,3,7,9-10H2,1-2H3. The van der Waals surface area contributed by atoms with Gasteiger partial charge in [0, 0.05) is 16.9 Å². The monoisotopic (exact) mass is 285 g/mol. The van der Waals surface area contributed by atoms with Crippen molar-refractivity contribution in [3.63, 3.8) is 0 Å². The lowest BCUT2D eigenvalue weighted by atomic mass is 10.2. The third-order valence-electron chi connectivity index (χ3n) is 2.25. The molecular weight excluding hydrogens is 266 g/mol. The second kappa shape index (κ2) is 7.69. The molecule has 0 aliphatic rings. The number of hydrogen-bond acceptors (Lipinski definition) is 2. The summed E-state index contributed by atoms with van der Waals surface area (Å²) in [5.41, 5.74) is 0. The van der Waals surface area contributed by atoms with E-state index in [1.54, 1.807) is 0 Å². The molecule has 0 aromatic heterocycles. The number of ether oxygens (including phenoxy) is 1. The van der Waals surface area contributed by atoms with Gasteiger partial charge in [0.15, 0.2) is 0 Å². The normalized spacial score (nSPS) is 12.4. The van der Waals surface area contributed by atoms with Gasteiger partial charge < -0.3 is 10.1 Å².